The van der Waals surface area contributed by atoms with E-state index in [-0.39, 0.29) is 11.3 Å². The zero-order chi connectivity index (χ0) is 20.4. The first kappa shape index (κ1) is 18.7. The van der Waals surface area contributed by atoms with Crippen LogP contribution in [0.3, 0.4) is 0 Å². The van der Waals surface area contributed by atoms with Crippen LogP contribution >= 0.6 is 0 Å². The summed E-state index contributed by atoms with van der Waals surface area (Å²) in [5.74, 6) is 0.618. The van der Waals surface area contributed by atoms with Crippen molar-refractivity contribution >= 4 is 23.0 Å². The fourth-order valence-electron chi connectivity index (χ4n) is 3.37. The number of amides is 1. The highest BCUT2D eigenvalue weighted by atomic mass is 16.5. The third kappa shape index (κ3) is 3.56. The molecule has 148 valence electrons. The molecule has 2 aromatic carbocycles. The average Bonchev–Trinajstić information content (AvgIpc) is 3.19. The first-order valence-corrected chi connectivity index (χ1v) is 9.40. The number of phenols is 1. The number of aryl methyl sites for hydroxylation is 1. The molecule has 1 amide bonds. The molecule has 1 aliphatic heterocycles. The first-order chi connectivity index (χ1) is 14.1. The van der Waals surface area contributed by atoms with Gasteiger partial charge >= 0.3 is 0 Å². The Kier molecular flexibility index (Phi) is 4.99. The molecule has 8 nitrogen and oxygen atoms in total. The van der Waals surface area contributed by atoms with Crippen molar-refractivity contribution in [3.05, 3.63) is 63.7 Å². The lowest BCUT2D eigenvalue weighted by molar-refractivity contribution is 0.0955. The van der Waals surface area contributed by atoms with Crippen LogP contribution in [0.1, 0.15) is 35.1 Å². The summed E-state index contributed by atoms with van der Waals surface area (Å²) < 4.78 is 7.01. The van der Waals surface area contributed by atoms with Crippen LogP contribution in [0, 0.1) is 0 Å². The Balaban J connectivity index is 1.54. The van der Waals surface area contributed by atoms with E-state index >= 15 is 0 Å². The lowest BCUT2D eigenvalue weighted by atomic mass is 10.1. The number of hydrogen-bond donors (Lipinski definition) is 2. The maximum atomic E-state index is 12.5. The van der Waals surface area contributed by atoms with E-state index in [2.05, 4.69) is 15.5 Å². The van der Waals surface area contributed by atoms with Gasteiger partial charge in [-0.05, 0) is 43.7 Å². The molecule has 1 aliphatic rings. The fourth-order valence-corrected chi connectivity index (χ4v) is 3.37. The van der Waals surface area contributed by atoms with Crippen molar-refractivity contribution in [1.82, 2.24) is 15.0 Å². The summed E-state index contributed by atoms with van der Waals surface area (Å²) in [6.07, 6.45) is 3.00. The molecule has 29 heavy (non-hydrogen) atoms. The number of fused-ring (bicyclic) bond motifs is 2. The Morgan fingerprint density at radius 1 is 1.38 bits per heavy atom. The highest BCUT2D eigenvalue weighted by molar-refractivity contribution is 5.98. The molecule has 0 bridgehead atoms. The van der Waals surface area contributed by atoms with Crippen LogP contribution in [-0.2, 0) is 13.0 Å². The van der Waals surface area contributed by atoms with E-state index in [0.717, 1.165) is 18.7 Å². The molecule has 1 aromatic heterocycles. The number of aromatic hydroxyl groups is 1. The van der Waals surface area contributed by atoms with Gasteiger partial charge in [0.2, 0.25) is 0 Å². The smallest absolute Gasteiger partial charge is 0.271 e. The van der Waals surface area contributed by atoms with Crippen LogP contribution in [0.4, 0.5) is 0 Å². The van der Waals surface area contributed by atoms with Gasteiger partial charge in [0.25, 0.3) is 11.5 Å². The second kappa shape index (κ2) is 7.75. The van der Waals surface area contributed by atoms with Gasteiger partial charge in [0.05, 0.1) is 23.7 Å². The fraction of sp³-hybridized carbons (Fsp3) is 0.238. The summed E-state index contributed by atoms with van der Waals surface area (Å²) in [6.45, 7) is 2.93. The van der Waals surface area contributed by atoms with Gasteiger partial charge in [0, 0.05) is 24.1 Å². The number of carbonyl (C=O) groups excluding carboxylic acids is 1. The maximum Gasteiger partial charge on any atom is 0.271 e. The predicted molar refractivity (Wildman–Crippen MR) is 109 cm³/mol. The molecule has 2 N–H and O–H groups in total. The standard InChI is InChI=1S/C21H20N4O4/c1-2-29-17-6-3-5-14(19(17)26)12-22-24-20(27)13-8-9-15-16(11-13)23-18-7-4-10-25(18)21(15)28/h3,5-6,8-9,11-12,26H,2,4,7,10H2,1H3,(H,24,27)/b22-12+. The second-order valence-corrected chi connectivity index (χ2v) is 6.65. The molecule has 4 rings (SSSR count). The van der Waals surface area contributed by atoms with Crippen molar-refractivity contribution in [1.29, 1.82) is 0 Å². The largest absolute Gasteiger partial charge is 0.504 e. The van der Waals surface area contributed by atoms with Crippen molar-refractivity contribution in [3.63, 3.8) is 0 Å². The lowest BCUT2D eigenvalue weighted by Crippen LogP contribution is -2.22. The Bertz CT molecular complexity index is 1180. The average molecular weight is 392 g/mol. The van der Waals surface area contributed by atoms with Gasteiger partial charge in [-0.2, -0.15) is 5.10 Å². The van der Waals surface area contributed by atoms with E-state index in [9.17, 15) is 14.7 Å². The van der Waals surface area contributed by atoms with Crippen molar-refractivity contribution in [2.45, 2.75) is 26.3 Å². The van der Waals surface area contributed by atoms with Crippen LogP contribution in [-0.4, -0.2) is 33.4 Å². The van der Waals surface area contributed by atoms with Gasteiger partial charge < -0.3 is 9.84 Å². The topological polar surface area (TPSA) is 106 Å². The van der Waals surface area contributed by atoms with Crippen molar-refractivity contribution < 1.29 is 14.6 Å². The zero-order valence-corrected chi connectivity index (χ0v) is 15.9. The van der Waals surface area contributed by atoms with Crippen LogP contribution in [0.15, 0.2) is 46.3 Å². The number of nitrogens with one attached hydrogen (secondary N) is 1. The summed E-state index contributed by atoms with van der Waals surface area (Å²) in [4.78, 5) is 29.5. The number of para-hydroxylation sites is 1. The molecule has 0 aliphatic carbocycles. The van der Waals surface area contributed by atoms with Gasteiger partial charge in [-0.15, -0.1) is 0 Å². The second-order valence-electron chi connectivity index (χ2n) is 6.65. The monoisotopic (exact) mass is 392 g/mol. The summed E-state index contributed by atoms with van der Waals surface area (Å²) in [7, 11) is 0. The van der Waals surface area contributed by atoms with Crippen LogP contribution < -0.4 is 15.7 Å². The lowest BCUT2D eigenvalue weighted by Gasteiger charge is -2.07. The number of nitrogens with zero attached hydrogens (tertiary/aromatic N) is 3. The predicted octanol–water partition coefficient (Wildman–Crippen LogP) is 2.21. The number of phenolic OH excluding ortho intramolecular Hbond substituents is 1. The molecule has 0 fully saturated rings. The highest BCUT2D eigenvalue weighted by Gasteiger charge is 2.17. The van der Waals surface area contributed by atoms with Gasteiger partial charge in [-0.3, -0.25) is 14.2 Å². The minimum Gasteiger partial charge on any atom is -0.504 e. The SMILES string of the molecule is CCOc1cccc(/C=N/NC(=O)c2ccc3c(=O)n4c(nc3c2)CCC4)c1O. The van der Waals surface area contributed by atoms with E-state index in [1.807, 2.05) is 6.92 Å². The molecule has 0 saturated carbocycles. The van der Waals surface area contributed by atoms with Gasteiger partial charge in [-0.25, -0.2) is 10.4 Å². The first-order valence-electron chi connectivity index (χ1n) is 9.40. The minimum atomic E-state index is -0.439. The molecular formula is C21H20N4O4. The van der Waals surface area contributed by atoms with Gasteiger partial charge in [0.1, 0.15) is 5.82 Å². The van der Waals surface area contributed by atoms with Crippen molar-refractivity contribution in [2.24, 2.45) is 5.10 Å². The summed E-state index contributed by atoms with van der Waals surface area (Å²) >= 11 is 0. The summed E-state index contributed by atoms with van der Waals surface area (Å²) in [6, 6.07) is 9.81. The van der Waals surface area contributed by atoms with E-state index in [1.165, 1.54) is 6.21 Å². The van der Waals surface area contributed by atoms with Crippen LogP contribution in [0.2, 0.25) is 0 Å². The molecule has 3 aromatic rings. The number of carbonyl (C=O) groups is 1. The third-order valence-corrected chi connectivity index (χ3v) is 4.78. The number of rotatable bonds is 5. The molecular weight excluding hydrogens is 372 g/mol. The zero-order valence-electron chi connectivity index (χ0n) is 15.9. The molecule has 2 heterocycles. The molecule has 0 radical (unpaired) electrons. The van der Waals surface area contributed by atoms with Crippen LogP contribution in [0.25, 0.3) is 10.9 Å². The van der Waals surface area contributed by atoms with E-state index in [0.29, 0.717) is 40.9 Å². The number of aromatic nitrogens is 2. The summed E-state index contributed by atoms with van der Waals surface area (Å²) in [5, 5.41) is 14.6. The summed E-state index contributed by atoms with van der Waals surface area (Å²) in [5.41, 5.74) is 3.62. The Hall–Kier alpha value is -3.68. The molecule has 0 unspecified atom stereocenters. The minimum absolute atomic E-state index is 0.0448. The van der Waals surface area contributed by atoms with Crippen molar-refractivity contribution in [3.8, 4) is 11.5 Å². The van der Waals surface area contributed by atoms with Crippen LogP contribution in [0.5, 0.6) is 11.5 Å². The van der Waals surface area contributed by atoms with E-state index in [1.54, 1.807) is 41.0 Å². The van der Waals surface area contributed by atoms with E-state index < -0.39 is 5.91 Å². The Morgan fingerprint density at radius 2 is 2.24 bits per heavy atom. The van der Waals surface area contributed by atoms with E-state index in [4.69, 9.17) is 4.74 Å². The Labute approximate surface area is 166 Å². The molecule has 8 heteroatoms. The molecule has 0 atom stereocenters. The van der Waals surface area contributed by atoms with Gasteiger partial charge in [0.15, 0.2) is 11.5 Å². The maximum absolute atomic E-state index is 12.5. The number of hydrazone groups is 1. The highest BCUT2D eigenvalue weighted by Crippen LogP contribution is 2.28. The normalized spacial score (nSPS) is 13.0. The Morgan fingerprint density at radius 3 is 3.07 bits per heavy atom. The number of hydrogen-bond acceptors (Lipinski definition) is 6. The molecule has 0 saturated heterocycles. The third-order valence-electron chi connectivity index (χ3n) is 4.78. The van der Waals surface area contributed by atoms with Gasteiger partial charge in [-0.1, -0.05) is 6.07 Å². The number of benzene rings is 2. The number of ether oxygens (including phenoxy) is 1. The quantitative estimate of drug-likeness (QED) is 0.512. The molecule has 0 spiro atoms. The van der Waals surface area contributed by atoms with Crippen molar-refractivity contribution in [2.75, 3.05) is 6.61 Å².